The second-order valence-corrected chi connectivity index (χ2v) is 9.17. The van der Waals surface area contributed by atoms with Crippen molar-refractivity contribution in [3.05, 3.63) is 80.7 Å². The van der Waals surface area contributed by atoms with E-state index < -0.39 is 36.7 Å². The third-order valence-electron chi connectivity index (χ3n) is 5.44. The number of benzene rings is 2. The van der Waals surface area contributed by atoms with Gasteiger partial charge in [0.05, 0.1) is 12.2 Å². The predicted octanol–water partition coefficient (Wildman–Crippen LogP) is 3.73. The van der Waals surface area contributed by atoms with Crippen LogP contribution in [-0.4, -0.2) is 52.6 Å². The zero-order valence-corrected chi connectivity index (χ0v) is 21.5. The lowest BCUT2D eigenvalue weighted by Gasteiger charge is -2.15. The quantitative estimate of drug-likeness (QED) is 0.320. The number of carbonyl (C=O) groups excluding carboxylic acids is 1. The Kier molecular flexibility index (Phi) is 7.99. The van der Waals surface area contributed by atoms with E-state index in [-0.39, 0.29) is 29.6 Å². The molecule has 4 aromatic rings. The molecule has 0 saturated carbocycles. The monoisotopic (exact) mass is 585 g/mol. The molecule has 0 bridgehead atoms. The lowest BCUT2D eigenvalue weighted by molar-refractivity contribution is -0.207. The molecule has 2 heterocycles. The summed E-state index contributed by atoms with van der Waals surface area (Å²) in [6.45, 7) is 0.0233. The van der Waals surface area contributed by atoms with Crippen molar-refractivity contribution in [2.75, 3.05) is 0 Å². The summed E-state index contributed by atoms with van der Waals surface area (Å²) in [5.74, 6) is -0.000433. The van der Waals surface area contributed by atoms with Crippen molar-refractivity contribution in [2.45, 2.75) is 38.4 Å². The topological polar surface area (TPSA) is 143 Å². The third-order valence-corrected chi connectivity index (χ3v) is 5.92. The number of aliphatic hydroxyl groups excluding tert-OH is 1. The van der Waals surface area contributed by atoms with Crippen LogP contribution in [0.1, 0.15) is 24.7 Å². The number of rotatable bonds is 8. The molecular weight excluding hydrogens is 566 g/mol. The number of amides is 1. The highest BCUT2D eigenvalue weighted by atomic mass is 35.5. The van der Waals surface area contributed by atoms with Crippen LogP contribution in [0.5, 0.6) is 0 Å². The maximum atomic E-state index is 13.2. The standard InChI is InChI=1S/C23H20Cl2F3N7O4/c1-12(39-21(29)37)19-30-18(31-35(19)16-4-2-3-15(25)9-16)11-34-22(38)33(10-17(36)23(26,27)28)20(32-34)13-5-7-14(24)8-6-13/h2-9,12,17,36H,10-11H2,1H3,(H2,29,37)/t12-,17-/m0/s1. The zero-order valence-electron chi connectivity index (χ0n) is 20.0. The first kappa shape index (κ1) is 28.1. The lowest BCUT2D eigenvalue weighted by Crippen LogP contribution is -2.37. The summed E-state index contributed by atoms with van der Waals surface area (Å²) in [6.07, 6.45) is -9.82. The molecule has 2 atom stereocenters. The molecule has 2 aromatic heterocycles. The summed E-state index contributed by atoms with van der Waals surface area (Å²) < 4.78 is 47.3. The van der Waals surface area contributed by atoms with E-state index in [9.17, 15) is 27.9 Å². The van der Waals surface area contributed by atoms with Crippen LogP contribution < -0.4 is 11.4 Å². The SMILES string of the molecule is C[C@H](OC(N)=O)c1nc(Cn2nc(-c3ccc(Cl)cc3)n(C[C@H](O)C(F)(F)F)c2=O)nn1-c1cccc(Cl)c1. The van der Waals surface area contributed by atoms with Crippen LogP contribution in [-0.2, 0) is 17.8 Å². The molecule has 0 fully saturated rings. The van der Waals surface area contributed by atoms with E-state index >= 15 is 0 Å². The second kappa shape index (κ2) is 11.1. The normalized spacial score (nSPS) is 13.3. The van der Waals surface area contributed by atoms with Crippen LogP contribution in [0.25, 0.3) is 17.1 Å². The Bertz CT molecular complexity index is 1550. The van der Waals surface area contributed by atoms with Crippen molar-refractivity contribution in [3.63, 3.8) is 0 Å². The van der Waals surface area contributed by atoms with Gasteiger partial charge in [0.25, 0.3) is 0 Å². The average molecular weight is 586 g/mol. The molecule has 4 rings (SSSR count). The van der Waals surface area contributed by atoms with E-state index in [1.165, 1.54) is 35.9 Å². The molecule has 11 nitrogen and oxygen atoms in total. The molecule has 0 unspecified atom stereocenters. The lowest BCUT2D eigenvalue weighted by atomic mass is 10.2. The van der Waals surface area contributed by atoms with Crippen molar-refractivity contribution in [1.82, 2.24) is 29.1 Å². The van der Waals surface area contributed by atoms with Crippen LogP contribution >= 0.6 is 23.2 Å². The van der Waals surface area contributed by atoms with Crippen LogP contribution in [0.3, 0.4) is 0 Å². The smallest absolute Gasteiger partial charge is 0.416 e. The number of alkyl halides is 3. The predicted molar refractivity (Wildman–Crippen MR) is 134 cm³/mol. The number of aliphatic hydroxyl groups is 1. The van der Waals surface area contributed by atoms with E-state index in [0.717, 1.165) is 4.68 Å². The van der Waals surface area contributed by atoms with Gasteiger partial charge in [-0.2, -0.15) is 13.2 Å². The summed E-state index contributed by atoms with van der Waals surface area (Å²) in [6, 6.07) is 12.4. The summed E-state index contributed by atoms with van der Waals surface area (Å²) in [5.41, 5.74) is 4.92. The van der Waals surface area contributed by atoms with E-state index in [0.29, 0.717) is 20.3 Å². The van der Waals surface area contributed by atoms with E-state index in [2.05, 4.69) is 15.2 Å². The molecule has 0 spiro atoms. The molecule has 3 N–H and O–H groups in total. The van der Waals surface area contributed by atoms with Crippen molar-refractivity contribution in [2.24, 2.45) is 5.73 Å². The molecule has 0 aliphatic carbocycles. The van der Waals surface area contributed by atoms with Gasteiger partial charge >= 0.3 is 18.0 Å². The number of ether oxygens (including phenoxy) is 1. The first-order valence-corrected chi connectivity index (χ1v) is 11.9. The molecule has 0 aliphatic heterocycles. The summed E-state index contributed by atoms with van der Waals surface area (Å²) in [7, 11) is 0. The number of halogens is 5. The number of hydrogen-bond acceptors (Lipinski definition) is 7. The van der Waals surface area contributed by atoms with E-state index in [4.69, 9.17) is 33.7 Å². The largest absolute Gasteiger partial charge is 0.438 e. The molecule has 16 heteroatoms. The van der Waals surface area contributed by atoms with Gasteiger partial charge in [-0.3, -0.25) is 4.57 Å². The van der Waals surface area contributed by atoms with E-state index in [1.807, 2.05) is 0 Å². The number of primary amides is 1. The maximum absolute atomic E-state index is 13.2. The van der Waals surface area contributed by atoms with Crippen LogP contribution in [0.4, 0.5) is 18.0 Å². The van der Waals surface area contributed by atoms with Gasteiger partial charge in [0.1, 0.15) is 6.54 Å². The maximum Gasteiger partial charge on any atom is 0.416 e. The molecule has 0 aliphatic rings. The zero-order chi connectivity index (χ0) is 28.5. The number of aromatic nitrogens is 6. The van der Waals surface area contributed by atoms with Crippen molar-refractivity contribution < 1.29 is 27.8 Å². The Morgan fingerprint density at radius 1 is 1.13 bits per heavy atom. The summed E-state index contributed by atoms with van der Waals surface area (Å²) in [4.78, 5) is 28.9. The van der Waals surface area contributed by atoms with Crippen molar-refractivity contribution in [3.8, 4) is 17.1 Å². The van der Waals surface area contributed by atoms with Crippen LogP contribution in [0, 0.1) is 0 Å². The Balaban J connectivity index is 1.78. The number of nitrogens with zero attached hydrogens (tertiary/aromatic N) is 6. The minimum absolute atomic E-state index is 0.00988. The van der Waals surface area contributed by atoms with Crippen molar-refractivity contribution >= 4 is 29.3 Å². The minimum Gasteiger partial charge on any atom is -0.438 e. The van der Waals surface area contributed by atoms with Crippen molar-refractivity contribution in [1.29, 1.82) is 0 Å². The van der Waals surface area contributed by atoms with Gasteiger partial charge in [-0.1, -0.05) is 29.3 Å². The fourth-order valence-corrected chi connectivity index (χ4v) is 3.97. The first-order valence-electron chi connectivity index (χ1n) is 11.2. The number of hydrogen-bond donors (Lipinski definition) is 2. The average Bonchev–Trinajstić information content (AvgIpc) is 3.41. The van der Waals surface area contributed by atoms with Gasteiger partial charge in [0, 0.05) is 15.6 Å². The van der Waals surface area contributed by atoms with Gasteiger partial charge in [-0.15, -0.1) is 10.2 Å². The summed E-state index contributed by atoms with van der Waals surface area (Å²) in [5, 5.41) is 19.0. The van der Waals surface area contributed by atoms with Crippen LogP contribution in [0.2, 0.25) is 10.0 Å². The number of carbonyl (C=O) groups is 1. The Hall–Kier alpha value is -3.88. The fraction of sp³-hybridized carbons (Fsp3) is 0.261. The molecule has 206 valence electrons. The second-order valence-electron chi connectivity index (χ2n) is 8.30. The number of nitrogens with two attached hydrogens (primary N) is 1. The molecule has 2 aromatic carbocycles. The molecule has 39 heavy (non-hydrogen) atoms. The minimum atomic E-state index is -4.97. The molecule has 0 saturated heterocycles. The highest BCUT2D eigenvalue weighted by Gasteiger charge is 2.39. The summed E-state index contributed by atoms with van der Waals surface area (Å²) >= 11 is 12.0. The molecule has 0 radical (unpaired) electrons. The van der Waals surface area contributed by atoms with Gasteiger partial charge in [-0.05, 0) is 49.4 Å². The van der Waals surface area contributed by atoms with Gasteiger partial charge in [0.2, 0.25) is 0 Å². The fourth-order valence-electron chi connectivity index (χ4n) is 3.66. The Morgan fingerprint density at radius 3 is 2.44 bits per heavy atom. The Morgan fingerprint density at radius 2 is 1.82 bits per heavy atom. The third kappa shape index (κ3) is 6.41. The van der Waals surface area contributed by atoms with E-state index in [1.54, 1.807) is 24.3 Å². The molecule has 1 amide bonds. The van der Waals surface area contributed by atoms with Gasteiger partial charge in [0.15, 0.2) is 29.7 Å². The molecular formula is C23H20Cl2F3N7O4. The van der Waals surface area contributed by atoms with Gasteiger partial charge in [-0.25, -0.2) is 23.9 Å². The Labute approximate surface area is 228 Å². The highest BCUT2D eigenvalue weighted by molar-refractivity contribution is 6.31. The van der Waals surface area contributed by atoms with Gasteiger partial charge < -0.3 is 15.6 Å². The highest BCUT2D eigenvalue weighted by Crippen LogP contribution is 2.25. The van der Waals surface area contributed by atoms with Crippen LogP contribution in [0.15, 0.2) is 53.3 Å². The first-order chi connectivity index (χ1) is 18.3.